The maximum atomic E-state index is 12.9. The van der Waals surface area contributed by atoms with Crippen molar-refractivity contribution in [3.63, 3.8) is 0 Å². The number of nitrogens with one attached hydrogen (secondary N) is 2. The highest BCUT2D eigenvalue weighted by atomic mass is 16.6. The molecule has 0 aromatic carbocycles. The maximum absolute atomic E-state index is 12.9. The van der Waals surface area contributed by atoms with E-state index >= 15 is 0 Å². The number of fused-ring (bicyclic) bond motifs is 1. The van der Waals surface area contributed by atoms with E-state index in [2.05, 4.69) is 15.2 Å². The summed E-state index contributed by atoms with van der Waals surface area (Å²) in [5.74, 6) is -0.0142. The summed E-state index contributed by atoms with van der Waals surface area (Å²) in [7, 11) is 1.26. The molecule has 10 heteroatoms. The van der Waals surface area contributed by atoms with E-state index in [1.807, 2.05) is 45.3 Å². The molecule has 0 aliphatic carbocycles. The number of aromatic amines is 1. The molecule has 10 nitrogen and oxygen atoms in total. The topological polar surface area (TPSA) is 119 Å². The number of anilines is 1. The number of alkyl carbamates (subject to hydrolysis) is 1. The molecule has 2 aromatic rings. The van der Waals surface area contributed by atoms with Crippen LogP contribution in [0.2, 0.25) is 0 Å². The Bertz CT molecular complexity index is 1120. The Balaban J connectivity index is 1.96. The van der Waals surface area contributed by atoms with Crippen LogP contribution in [0.1, 0.15) is 57.9 Å². The summed E-state index contributed by atoms with van der Waals surface area (Å²) in [4.78, 5) is 46.5. The zero-order valence-corrected chi connectivity index (χ0v) is 20.2. The molecule has 0 bridgehead atoms. The van der Waals surface area contributed by atoms with Gasteiger partial charge >= 0.3 is 12.1 Å². The molecule has 0 saturated carbocycles. The molecule has 1 amide bonds. The first kappa shape index (κ1) is 24.3. The van der Waals surface area contributed by atoms with E-state index in [-0.39, 0.29) is 11.7 Å². The number of imidazole rings is 1. The molecular formula is C23H33N5O5. The van der Waals surface area contributed by atoms with Gasteiger partial charge in [-0.25, -0.2) is 14.6 Å². The highest BCUT2D eigenvalue weighted by Gasteiger charge is 2.28. The van der Waals surface area contributed by atoms with E-state index in [0.29, 0.717) is 30.1 Å². The number of nitrogens with zero attached hydrogens (tertiary/aromatic N) is 3. The zero-order valence-electron chi connectivity index (χ0n) is 20.2. The van der Waals surface area contributed by atoms with Crippen LogP contribution in [0.25, 0.3) is 11.0 Å². The molecular weight excluding hydrogens is 426 g/mol. The van der Waals surface area contributed by atoms with Crippen molar-refractivity contribution >= 4 is 29.0 Å². The number of amides is 1. The number of methoxy groups -OCH3 is 1. The lowest BCUT2D eigenvalue weighted by Gasteiger charge is -2.34. The Hall–Kier alpha value is -3.30. The first-order valence-corrected chi connectivity index (χ1v) is 11.1. The lowest BCUT2D eigenvalue weighted by atomic mass is 10.1. The maximum Gasteiger partial charge on any atom is 0.407 e. The second-order valence-corrected chi connectivity index (χ2v) is 9.47. The van der Waals surface area contributed by atoms with Gasteiger partial charge in [-0.3, -0.25) is 4.79 Å². The SMILES string of the molecule is COC(=O)c1cc2nc(N3CCC[C@@H](NC(=O)OC(C)(C)C)C3)n(CC=C(C)C)c2c(=O)[nH]1. The number of carbonyl (C=O) groups excluding carboxylic acids is 2. The van der Waals surface area contributed by atoms with E-state index in [1.54, 1.807) is 0 Å². The van der Waals surface area contributed by atoms with Crippen LogP contribution in [0.15, 0.2) is 22.5 Å². The van der Waals surface area contributed by atoms with Gasteiger partial charge in [-0.1, -0.05) is 11.6 Å². The van der Waals surface area contributed by atoms with Crippen LogP contribution in [0.3, 0.4) is 0 Å². The Labute approximate surface area is 193 Å². The molecule has 1 saturated heterocycles. The third-order valence-corrected chi connectivity index (χ3v) is 5.23. The molecule has 2 aromatic heterocycles. The molecule has 180 valence electrons. The molecule has 2 N–H and O–H groups in total. The average molecular weight is 460 g/mol. The van der Waals surface area contributed by atoms with Crippen molar-refractivity contribution in [3.05, 3.63) is 33.8 Å². The second kappa shape index (κ2) is 9.68. The number of piperidine rings is 1. The van der Waals surface area contributed by atoms with Crippen LogP contribution in [-0.2, 0) is 16.0 Å². The van der Waals surface area contributed by atoms with E-state index < -0.39 is 23.2 Å². The first-order valence-electron chi connectivity index (χ1n) is 11.1. The third kappa shape index (κ3) is 5.94. The Morgan fingerprint density at radius 3 is 2.70 bits per heavy atom. The highest BCUT2D eigenvalue weighted by Crippen LogP contribution is 2.25. The van der Waals surface area contributed by atoms with E-state index in [1.165, 1.54) is 13.2 Å². The van der Waals surface area contributed by atoms with E-state index in [4.69, 9.17) is 14.5 Å². The van der Waals surface area contributed by atoms with Crippen LogP contribution in [0.5, 0.6) is 0 Å². The Kier molecular flexibility index (Phi) is 7.14. The summed E-state index contributed by atoms with van der Waals surface area (Å²) in [6, 6.07) is 1.42. The number of hydrogen-bond donors (Lipinski definition) is 2. The van der Waals surface area contributed by atoms with Crippen LogP contribution in [-0.4, -0.2) is 58.4 Å². The number of rotatable bonds is 5. The lowest BCUT2D eigenvalue weighted by Crippen LogP contribution is -2.49. The van der Waals surface area contributed by atoms with Gasteiger partial charge in [0.1, 0.15) is 16.8 Å². The summed E-state index contributed by atoms with van der Waals surface area (Å²) < 4.78 is 12.0. The Morgan fingerprint density at radius 1 is 1.33 bits per heavy atom. The van der Waals surface area contributed by atoms with Gasteiger partial charge in [0, 0.05) is 25.7 Å². The average Bonchev–Trinajstić information content (AvgIpc) is 3.09. The van der Waals surface area contributed by atoms with Crippen molar-refractivity contribution in [3.8, 4) is 0 Å². The predicted molar refractivity (Wildman–Crippen MR) is 126 cm³/mol. The normalized spacial score (nSPS) is 16.4. The number of hydrogen-bond acceptors (Lipinski definition) is 7. The molecule has 1 aliphatic rings. The van der Waals surface area contributed by atoms with Crippen LogP contribution < -0.4 is 15.8 Å². The molecule has 1 atom stereocenters. The highest BCUT2D eigenvalue weighted by molar-refractivity contribution is 5.91. The molecule has 1 aliphatic heterocycles. The van der Waals surface area contributed by atoms with Gasteiger partial charge in [0.2, 0.25) is 5.95 Å². The molecule has 0 radical (unpaired) electrons. The summed E-state index contributed by atoms with van der Waals surface area (Å²) >= 11 is 0. The number of pyridine rings is 1. The number of H-pyrrole nitrogens is 1. The number of carbonyl (C=O) groups is 2. The molecule has 1 fully saturated rings. The lowest BCUT2D eigenvalue weighted by molar-refractivity contribution is 0.0498. The number of esters is 1. The van der Waals surface area contributed by atoms with Crippen LogP contribution in [0, 0.1) is 0 Å². The van der Waals surface area contributed by atoms with Crippen molar-refractivity contribution in [2.24, 2.45) is 0 Å². The summed E-state index contributed by atoms with van der Waals surface area (Å²) in [5.41, 5.74) is 0.977. The predicted octanol–water partition coefficient (Wildman–Crippen LogP) is 2.97. The van der Waals surface area contributed by atoms with Crippen molar-refractivity contribution in [1.82, 2.24) is 19.9 Å². The van der Waals surface area contributed by atoms with E-state index in [9.17, 15) is 14.4 Å². The van der Waals surface area contributed by atoms with Gasteiger partial charge in [-0.2, -0.15) is 0 Å². The summed E-state index contributed by atoms with van der Waals surface area (Å²) in [6.45, 7) is 11.2. The fourth-order valence-corrected chi connectivity index (χ4v) is 3.81. The van der Waals surface area contributed by atoms with Gasteiger partial charge < -0.3 is 29.2 Å². The monoisotopic (exact) mass is 459 g/mol. The van der Waals surface area contributed by atoms with Gasteiger partial charge in [-0.15, -0.1) is 0 Å². The second-order valence-electron chi connectivity index (χ2n) is 9.47. The smallest absolute Gasteiger partial charge is 0.407 e. The van der Waals surface area contributed by atoms with Gasteiger partial charge in [0.15, 0.2) is 0 Å². The van der Waals surface area contributed by atoms with Crippen LogP contribution in [0.4, 0.5) is 10.7 Å². The number of ether oxygens (including phenoxy) is 2. The fourth-order valence-electron chi connectivity index (χ4n) is 3.81. The van der Waals surface area contributed by atoms with Crippen molar-refractivity contribution < 1.29 is 19.1 Å². The van der Waals surface area contributed by atoms with Crippen LogP contribution >= 0.6 is 0 Å². The van der Waals surface area contributed by atoms with Crippen molar-refractivity contribution in [2.45, 2.75) is 65.6 Å². The van der Waals surface area contributed by atoms with Crippen molar-refractivity contribution in [2.75, 3.05) is 25.1 Å². The fraction of sp³-hybridized carbons (Fsp3) is 0.565. The largest absolute Gasteiger partial charge is 0.464 e. The van der Waals surface area contributed by atoms with Gasteiger partial charge in [-0.05, 0) is 53.5 Å². The molecule has 0 unspecified atom stereocenters. The van der Waals surface area contributed by atoms with Gasteiger partial charge in [0.05, 0.1) is 12.6 Å². The number of aromatic nitrogens is 3. The zero-order chi connectivity index (χ0) is 24.3. The van der Waals surface area contributed by atoms with Gasteiger partial charge in [0.25, 0.3) is 5.56 Å². The minimum atomic E-state index is -0.631. The minimum Gasteiger partial charge on any atom is -0.464 e. The quantitative estimate of drug-likeness (QED) is 0.521. The molecule has 0 spiro atoms. The number of allylic oxidation sites excluding steroid dienone is 2. The third-order valence-electron chi connectivity index (χ3n) is 5.23. The van der Waals surface area contributed by atoms with E-state index in [0.717, 1.165) is 25.0 Å². The van der Waals surface area contributed by atoms with Crippen molar-refractivity contribution in [1.29, 1.82) is 0 Å². The minimum absolute atomic E-state index is 0.0523. The molecule has 3 rings (SSSR count). The molecule has 3 heterocycles. The molecule has 33 heavy (non-hydrogen) atoms. The first-order chi connectivity index (χ1) is 15.5. The summed E-state index contributed by atoms with van der Waals surface area (Å²) in [6.07, 6.45) is 3.22. The summed E-state index contributed by atoms with van der Waals surface area (Å²) in [5, 5.41) is 2.94. The standard InChI is InChI=1S/C23H33N5O5/c1-14(2)9-11-28-18-16(12-17(20(30)32-6)25-19(18)29)26-21(28)27-10-7-8-15(13-27)24-22(31)33-23(3,4)5/h9,12,15H,7-8,10-11,13H2,1-6H3,(H,24,31)(H,25,29)/t15-/m1/s1. The Morgan fingerprint density at radius 2 is 2.06 bits per heavy atom.